The number of aryl methyl sites for hydroxylation is 1. The molecule has 0 aliphatic rings. The SMILES string of the molecule is CC[C@@H](C)NC(=O)[C@H](CC)N(Cc1cccc(C)c1)C(=O)COc1ccccc1. The first-order valence-electron chi connectivity index (χ1n) is 10.3. The second-order valence-electron chi connectivity index (χ2n) is 7.35. The van der Waals surface area contributed by atoms with Gasteiger partial charge >= 0.3 is 0 Å². The minimum atomic E-state index is -0.545. The summed E-state index contributed by atoms with van der Waals surface area (Å²) in [4.78, 5) is 27.6. The summed E-state index contributed by atoms with van der Waals surface area (Å²) in [5.74, 6) is 0.303. The van der Waals surface area contributed by atoms with E-state index in [-0.39, 0.29) is 24.5 Å². The van der Waals surface area contributed by atoms with Crippen LogP contribution in [0.3, 0.4) is 0 Å². The molecule has 0 radical (unpaired) electrons. The second kappa shape index (κ2) is 11.2. The summed E-state index contributed by atoms with van der Waals surface area (Å²) in [6.45, 7) is 8.19. The van der Waals surface area contributed by atoms with Crippen molar-refractivity contribution in [3.8, 4) is 5.75 Å². The van der Waals surface area contributed by atoms with E-state index in [1.807, 2.05) is 82.3 Å². The van der Waals surface area contributed by atoms with Gasteiger partial charge in [-0.2, -0.15) is 0 Å². The Hall–Kier alpha value is -2.82. The molecule has 1 N–H and O–H groups in total. The zero-order chi connectivity index (χ0) is 21.2. The van der Waals surface area contributed by atoms with Gasteiger partial charge in [0.15, 0.2) is 6.61 Å². The van der Waals surface area contributed by atoms with Crippen LogP contribution < -0.4 is 10.1 Å². The van der Waals surface area contributed by atoms with Crippen LogP contribution in [0.15, 0.2) is 54.6 Å². The average molecular weight is 397 g/mol. The normalized spacial score (nSPS) is 12.7. The molecule has 0 saturated carbocycles. The first-order chi connectivity index (χ1) is 13.9. The minimum absolute atomic E-state index is 0.0630. The number of carbonyl (C=O) groups excluding carboxylic acids is 2. The van der Waals surface area contributed by atoms with E-state index in [0.717, 1.165) is 17.5 Å². The number of rotatable bonds is 10. The van der Waals surface area contributed by atoms with Crippen molar-refractivity contribution in [2.75, 3.05) is 6.61 Å². The number of hydrogen-bond donors (Lipinski definition) is 1. The van der Waals surface area contributed by atoms with Crippen LogP contribution in [0.4, 0.5) is 0 Å². The summed E-state index contributed by atoms with van der Waals surface area (Å²) in [7, 11) is 0. The molecule has 0 aliphatic carbocycles. The Labute approximate surface area is 174 Å². The molecule has 0 unspecified atom stereocenters. The molecule has 29 heavy (non-hydrogen) atoms. The maximum absolute atomic E-state index is 13.1. The highest BCUT2D eigenvalue weighted by Crippen LogP contribution is 2.15. The molecule has 2 aromatic carbocycles. The number of nitrogens with one attached hydrogen (secondary N) is 1. The number of nitrogens with zero attached hydrogens (tertiary/aromatic N) is 1. The van der Waals surface area contributed by atoms with Crippen LogP contribution in [-0.4, -0.2) is 35.4 Å². The molecule has 0 bridgehead atoms. The molecule has 5 nitrogen and oxygen atoms in total. The van der Waals surface area contributed by atoms with Crippen LogP contribution in [0.25, 0.3) is 0 Å². The van der Waals surface area contributed by atoms with E-state index in [1.54, 1.807) is 4.90 Å². The van der Waals surface area contributed by atoms with E-state index < -0.39 is 6.04 Å². The molecule has 156 valence electrons. The topological polar surface area (TPSA) is 58.6 Å². The number of hydrogen-bond acceptors (Lipinski definition) is 3. The Morgan fingerprint density at radius 1 is 1.03 bits per heavy atom. The fourth-order valence-electron chi connectivity index (χ4n) is 3.11. The van der Waals surface area contributed by atoms with Gasteiger partial charge in [0, 0.05) is 12.6 Å². The highest BCUT2D eigenvalue weighted by molar-refractivity contribution is 5.88. The smallest absolute Gasteiger partial charge is 0.261 e. The maximum Gasteiger partial charge on any atom is 0.261 e. The number of carbonyl (C=O) groups is 2. The molecule has 0 fully saturated rings. The lowest BCUT2D eigenvalue weighted by atomic mass is 10.1. The molecule has 2 rings (SSSR count). The third-order valence-electron chi connectivity index (χ3n) is 4.93. The van der Waals surface area contributed by atoms with Gasteiger partial charge in [-0.05, 0) is 44.4 Å². The lowest BCUT2D eigenvalue weighted by Crippen LogP contribution is -2.51. The van der Waals surface area contributed by atoms with Crippen molar-refractivity contribution in [1.29, 1.82) is 0 Å². The Bertz CT molecular complexity index is 792. The van der Waals surface area contributed by atoms with E-state index in [0.29, 0.717) is 18.7 Å². The van der Waals surface area contributed by atoms with Crippen LogP contribution in [0.2, 0.25) is 0 Å². The van der Waals surface area contributed by atoms with Gasteiger partial charge in [-0.25, -0.2) is 0 Å². The molecule has 5 heteroatoms. The second-order valence-corrected chi connectivity index (χ2v) is 7.35. The predicted molar refractivity (Wildman–Crippen MR) is 116 cm³/mol. The molecule has 2 atom stereocenters. The van der Waals surface area contributed by atoms with Crippen molar-refractivity contribution in [3.63, 3.8) is 0 Å². The molecule has 0 spiro atoms. The fraction of sp³-hybridized carbons (Fsp3) is 0.417. The molecular weight excluding hydrogens is 364 g/mol. The van der Waals surface area contributed by atoms with Gasteiger partial charge in [0.1, 0.15) is 11.8 Å². The lowest BCUT2D eigenvalue weighted by Gasteiger charge is -2.31. The zero-order valence-electron chi connectivity index (χ0n) is 17.9. The minimum Gasteiger partial charge on any atom is -0.484 e. The number of benzene rings is 2. The monoisotopic (exact) mass is 396 g/mol. The van der Waals surface area contributed by atoms with E-state index >= 15 is 0 Å². The molecule has 0 heterocycles. The summed E-state index contributed by atoms with van der Waals surface area (Å²) < 4.78 is 5.66. The summed E-state index contributed by atoms with van der Waals surface area (Å²) in [5.41, 5.74) is 2.11. The predicted octanol–water partition coefficient (Wildman–Crippen LogP) is 4.10. The Morgan fingerprint density at radius 2 is 1.76 bits per heavy atom. The van der Waals surface area contributed by atoms with Crippen molar-refractivity contribution < 1.29 is 14.3 Å². The standard InChI is InChI=1S/C24H32N2O3/c1-5-19(4)25-24(28)22(6-2)26(16-20-12-10-11-18(3)15-20)23(27)17-29-21-13-8-7-9-14-21/h7-15,19,22H,5-6,16-17H2,1-4H3,(H,25,28)/t19-,22+/m1/s1. The van der Waals surface area contributed by atoms with E-state index in [1.165, 1.54) is 0 Å². The average Bonchev–Trinajstić information content (AvgIpc) is 2.72. The van der Waals surface area contributed by atoms with Crippen LogP contribution in [0.1, 0.15) is 44.7 Å². The summed E-state index contributed by atoms with van der Waals surface area (Å²) in [6, 6.07) is 16.8. The number of para-hydroxylation sites is 1. The van der Waals surface area contributed by atoms with Crippen LogP contribution in [-0.2, 0) is 16.1 Å². The largest absolute Gasteiger partial charge is 0.484 e. The Kier molecular flexibility index (Phi) is 8.71. The Balaban J connectivity index is 2.20. The summed E-state index contributed by atoms with van der Waals surface area (Å²) in [6.07, 6.45) is 1.37. The van der Waals surface area contributed by atoms with Gasteiger partial charge < -0.3 is 15.0 Å². The van der Waals surface area contributed by atoms with E-state index in [2.05, 4.69) is 5.32 Å². The van der Waals surface area contributed by atoms with Crippen molar-refractivity contribution in [1.82, 2.24) is 10.2 Å². The van der Waals surface area contributed by atoms with Crippen molar-refractivity contribution in [3.05, 3.63) is 65.7 Å². The van der Waals surface area contributed by atoms with E-state index in [4.69, 9.17) is 4.74 Å². The quantitative estimate of drug-likeness (QED) is 0.658. The van der Waals surface area contributed by atoms with Crippen LogP contribution in [0, 0.1) is 6.92 Å². The van der Waals surface area contributed by atoms with Gasteiger partial charge in [0.05, 0.1) is 0 Å². The lowest BCUT2D eigenvalue weighted by molar-refractivity contribution is -0.143. The van der Waals surface area contributed by atoms with Gasteiger partial charge in [0.2, 0.25) is 5.91 Å². The van der Waals surface area contributed by atoms with Crippen molar-refractivity contribution in [2.45, 2.75) is 59.2 Å². The first-order valence-corrected chi connectivity index (χ1v) is 10.3. The molecular formula is C24H32N2O3. The number of amides is 2. The summed E-state index contributed by atoms with van der Waals surface area (Å²) >= 11 is 0. The van der Waals surface area contributed by atoms with Gasteiger partial charge in [-0.3, -0.25) is 9.59 Å². The maximum atomic E-state index is 13.1. The van der Waals surface area contributed by atoms with Crippen molar-refractivity contribution >= 4 is 11.8 Å². The highest BCUT2D eigenvalue weighted by Gasteiger charge is 2.29. The Morgan fingerprint density at radius 3 is 2.38 bits per heavy atom. The van der Waals surface area contributed by atoms with Crippen molar-refractivity contribution in [2.24, 2.45) is 0 Å². The molecule has 0 aromatic heterocycles. The van der Waals surface area contributed by atoms with E-state index in [9.17, 15) is 9.59 Å². The third kappa shape index (κ3) is 6.93. The summed E-state index contributed by atoms with van der Waals surface area (Å²) in [5, 5.41) is 3.01. The number of ether oxygens (including phenoxy) is 1. The van der Waals surface area contributed by atoms with Crippen LogP contribution >= 0.6 is 0 Å². The molecule has 2 amide bonds. The van der Waals surface area contributed by atoms with Gasteiger partial charge in [0.25, 0.3) is 5.91 Å². The first kappa shape index (κ1) is 22.5. The zero-order valence-corrected chi connectivity index (χ0v) is 17.9. The molecule has 0 saturated heterocycles. The van der Waals surface area contributed by atoms with Gasteiger partial charge in [-0.15, -0.1) is 0 Å². The molecule has 0 aliphatic heterocycles. The fourth-order valence-corrected chi connectivity index (χ4v) is 3.11. The highest BCUT2D eigenvalue weighted by atomic mass is 16.5. The third-order valence-corrected chi connectivity index (χ3v) is 4.93. The van der Waals surface area contributed by atoms with Crippen LogP contribution in [0.5, 0.6) is 5.75 Å². The van der Waals surface area contributed by atoms with Gasteiger partial charge in [-0.1, -0.05) is 61.9 Å². The molecule has 2 aromatic rings.